The van der Waals surface area contributed by atoms with Crippen molar-refractivity contribution in [2.75, 3.05) is 11.5 Å². The van der Waals surface area contributed by atoms with E-state index in [9.17, 15) is 8.42 Å². The SMILES string of the molecule is CCS(=O)(=O)c1ncc(N)cn1. The summed E-state index contributed by atoms with van der Waals surface area (Å²) in [5, 5.41) is -0.167. The predicted molar refractivity (Wildman–Crippen MR) is 44.2 cm³/mol. The van der Waals surface area contributed by atoms with E-state index in [0.717, 1.165) is 0 Å². The second-order valence-electron chi connectivity index (χ2n) is 2.20. The number of hydrogen-bond donors (Lipinski definition) is 1. The van der Waals surface area contributed by atoms with Crippen molar-refractivity contribution in [1.82, 2.24) is 9.97 Å². The molecule has 0 radical (unpaired) electrons. The van der Waals surface area contributed by atoms with Crippen molar-refractivity contribution < 1.29 is 8.42 Å². The predicted octanol–water partition coefficient (Wildman–Crippen LogP) is -0.148. The Bertz CT molecular complexity index is 357. The lowest BCUT2D eigenvalue weighted by atomic mass is 10.6. The summed E-state index contributed by atoms with van der Waals surface area (Å²) >= 11 is 0. The van der Waals surface area contributed by atoms with E-state index in [1.807, 2.05) is 0 Å². The maximum absolute atomic E-state index is 11.1. The third-order valence-electron chi connectivity index (χ3n) is 1.31. The maximum Gasteiger partial charge on any atom is 0.247 e. The van der Waals surface area contributed by atoms with Crippen LogP contribution in [0.25, 0.3) is 0 Å². The molecule has 0 fully saturated rings. The van der Waals surface area contributed by atoms with Gasteiger partial charge in [-0.2, -0.15) is 0 Å². The molecule has 0 bridgehead atoms. The minimum atomic E-state index is -3.29. The average molecular weight is 187 g/mol. The average Bonchev–Trinajstić information content (AvgIpc) is 2.05. The van der Waals surface area contributed by atoms with Crippen LogP contribution in [0, 0.1) is 0 Å². The summed E-state index contributed by atoms with van der Waals surface area (Å²) in [5.74, 6) is -0.00306. The monoisotopic (exact) mass is 187 g/mol. The van der Waals surface area contributed by atoms with Gasteiger partial charge in [0.25, 0.3) is 0 Å². The molecule has 0 unspecified atom stereocenters. The molecule has 66 valence electrons. The Labute approximate surface area is 70.6 Å². The molecule has 0 amide bonds. The summed E-state index contributed by atoms with van der Waals surface area (Å²) in [6, 6.07) is 0. The highest BCUT2D eigenvalue weighted by Crippen LogP contribution is 2.04. The van der Waals surface area contributed by atoms with E-state index >= 15 is 0 Å². The number of rotatable bonds is 2. The summed E-state index contributed by atoms with van der Waals surface area (Å²) in [4.78, 5) is 7.19. The fraction of sp³-hybridized carbons (Fsp3) is 0.333. The Kier molecular flexibility index (Phi) is 2.27. The van der Waals surface area contributed by atoms with Crippen molar-refractivity contribution in [2.24, 2.45) is 0 Å². The Morgan fingerprint density at radius 2 is 1.92 bits per heavy atom. The van der Waals surface area contributed by atoms with Crippen LogP contribution in [0.5, 0.6) is 0 Å². The molecule has 0 saturated carbocycles. The maximum atomic E-state index is 11.1. The van der Waals surface area contributed by atoms with E-state index < -0.39 is 9.84 Å². The van der Waals surface area contributed by atoms with Gasteiger partial charge in [0.2, 0.25) is 15.0 Å². The van der Waals surface area contributed by atoms with Crippen LogP contribution < -0.4 is 5.73 Å². The molecule has 0 spiro atoms. The largest absolute Gasteiger partial charge is 0.396 e. The van der Waals surface area contributed by atoms with Crippen LogP contribution in [0.15, 0.2) is 17.6 Å². The molecular weight excluding hydrogens is 178 g/mol. The third kappa shape index (κ3) is 1.70. The fourth-order valence-electron chi connectivity index (χ4n) is 0.616. The molecule has 2 N–H and O–H groups in total. The van der Waals surface area contributed by atoms with E-state index in [0.29, 0.717) is 5.69 Å². The van der Waals surface area contributed by atoms with E-state index in [4.69, 9.17) is 5.73 Å². The second kappa shape index (κ2) is 3.06. The molecule has 6 heteroatoms. The first-order chi connectivity index (χ1) is 5.56. The smallest absolute Gasteiger partial charge is 0.247 e. The molecule has 1 aromatic rings. The number of aromatic nitrogens is 2. The fourth-order valence-corrected chi connectivity index (χ4v) is 1.30. The van der Waals surface area contributed by atoms with Gasteiger partial charge in [0.05, 0.1) is 23.8 Å². The summed E-state index contributed by atoms with van der Waals surface area (Å²) in [6.07, 6.45) is 2.55. The minimum Gasteiger partial charge on any atom is -0.396 e. The van der Waals surface area contributed by atoms with Crippen LogP contribution >= 0.6 is 0 Å². The zero-order valence-corrected chi connectivity index (χ0v) is 7.37. The molecule has 0 aliphatic rings. The molecule has 1 rings (SSSR count). The standard InChI is InChI=1S/C6H9N3O2S/c1-2-12(10,11)6-8-3-5(7)4-9-6/h3-4H,2,7H2,1H3. The van der Waals surface area contributed by atoms with Crippen LogP contribution in [0.4, 0.5) is 5.69 Å². The lowest BCUT2D eigenvalue weighted by Crippen LogP contribution is -2.08. The molecule has 0 atom stereocenters. The van der Waals surface area contributed by atoms with E-state index in [2.05, 4.69) is 9.97 Å². The van der Waals surface area contributed by atoms with Crippen LogP contribution in [-0.4, -0.2) is 24.1 Å². The second-order valence-corrected chi connectivity index (χ2v) is 4.37. The lowest BCUT2D eigenvalue weighted by molar-refractivity contribution is 0.588. The Hall–Kier alpha value is -1.17. The summed E-state index contributed by atoms with van der Waals surface area (Å²) in [7, 11) is -3.29. The topological polar surface area (TPSA) is 85.9 Å². The quantitative estimate of drug-likeness (QED) is 0.651. The number of nitrogen functional groups attached to an aromatic ring is 1. The molecule has 1 aromatic heterocycles. The molecule has 0 aliphatic heterocycles. The molecule has 12 heavy (non-hydrogen) atoms. The Morgan fingerprint density at radius 1 is 1.42 bits per heavy atom. The van der Waals surface area contributed by atoms with Gasteiger partial charge >= 0.3 is 0 Å². The first-order valence-electron chi connectivity index (χ1n) is 3.36. The highest BCUT2D eigenvalue weighted by molar-refractivity contribution is 7.91. The molecule has 5 nitrogen and oxygen atoms in total. The number of sulfone groups is 1. The van der Waals surface area contributed by atoms with Crippen molar-refractivity contribution in [1.29, 1.82) is 0 Å². The van der Waals surface area contributed by atoms with E-state index in [-0.39, 0.29) is 10.9 Å². The van der Waals surface area contributed by atoms with Gasteiger partial charge in [0.1, 0.15) is 0 Å². The molecule has 1 heterocycles. The highest BCUT2D eigenvalue weighted by Gasteiger charge is 2.13. The van der Waals surface area contributed by atoms with Crippen molar-refractivity contribution >= 4 is 15.5 Å². The minimum absolute atomic E-state index is 0.00306. The van der Waals surface area contributed by atoms with Gasteiger partial charge in [0.15, 0.2) is 0 Å². The van der Waals surface area contributed by atoms with Gasteiger partial charge in [-0.3, -0.25) is 0 Å². The summed E-state index contributed by atoms with van der Waals surface area (Å²) < 4.78 is 22.3. The van der Waals surface area contributed by atoms with Crippen LogP contribution in [0.2, 0.25) is 0 Å². The Morgan fingerprint density at radius 3 is 2.33 bits per heavy atom. The van der Waals surface area contributed by atoms with Crippen molar-refractivity contribution in [3.8, 4) is 0 Å². The van der Waals surface area contributed by atoms with Crippen LogP contribution in [0.1, 0.15) is 6.92 Å². The van der Waals surface area contributed by atoms with Gasteiger partial charge in [-0.1, -0.05) is 6.92 Å². The van der Waals surface area contributed by atoms with E-state index in [1.165, 1.54) is 19.3 Å². The van der Waals surface area contributed by atoms with Gasteiger partial charge in [-0.05, 0) is 0 Å². The molecule has 0 aromatic carbocycles. The van der Waals surface area contributed by atoms with Crippen molar-refractivity contribution in [3.05, 3.63) is 12.4 Å². The molecule has 0 aliphatic carbocycles. The number of nitrogens with zero attached hydrogens (tertiary/aromatic N) is 2. The third-order valence-corrected chi connectivity index (χ3v) is 2.83. The van der Waals surface area contributed by atoms with Crippen molar-refractivity contribution in [2.45, 2.75) is 12.1 Å². The Balaban J connectivity index is 3.14. The number of anilines is 1. The summed E-state index contributed by atoms with van der Waals surface area (Å²) in [6.45, 7) is 1.54. The number of hydrogen-bond acceptors (Lipinski definition) is 5. The highest BCUT2D eigenvalue weighted by atomic mass is 32.2. The van der Waals surface area contributed by atoms with Gasteiger partial charge in [-0.15, -0.1) is 0 Å². The van der Waals surface area contributed by atoms with Crippen LogP contribution in [-0.2, 0) is 9.84 Å². The lowest BCUT2D eigenvalue weighted by Gasteiger charge is -1.97. The van der Waals surface area contributed by atoms with Gasteiger partial charge in [-0.25, -0.2) is 18.4 Å². The van der Waals surface area contributed by atoms with Gasteiger partial charge in [0, 0.05) is 0 Å². The molecule has 0 saturated heterocycles. The van der Waals surface area contributed by atoms with Crippen molar-refractivity contribution in [3.63, 3.8) is 0 Å². The molecular formula is C6H9N3O2S. The number of nitrogens with two attached hydrogens (primary N) is 1. The zero-order chi connectivity index (χ0) is 9.19. The first kappa shape index (κ1) is 8.92. The van der Waals surface area contributed by atoms with Gasteiger partial charge < -0.3 is 5.73 Å². The van der Waals surface area contributed by atoms with E-state index in [1.54, 1.807) is 0 Å². The first-order valence-corrected chi connectivity index (χ1v) is 5.02. The normalized spacial score (nSPS) is 11.4. The van der Waals surface area contributed by atoms with Crippen LogP contribution in [0.3, 0.4) is 0 Å². The zero-order valence-electron chi connectivity index (χ0n) is 6.56. The summed E-state index contributed by atoms with van der Waals surface area (Å²) in [5.41, 5.74) is 5.64.